The Hall–Kier alpha value is -2.14. The molecule has 1 atom stereocenters. The summed E-state index contributed by atoms with van der Waals surface area (Å²) in [5.74, 6) is -1.33. The first-order valence-corrected chi connectivity index (χ1v) is 5.95. The van der Waals surface area contributed by atoms with E-state index in [-0.39, 0.29) is 12.1 Å². The van der Waals surface area contributed by atoms with Crippen molar-refractivity contribution < 1.29 is 22.4 Å². The van der Waals surface area contributed by atoms with E-state index in [1.165, 1.54) is 13.0 Å². The first-order chi connectivity index (χ1) is 9.74. The number of amides is 1. The van der Waals surface area contributed by atoms with Crippen molar-refractivity contribution in [3.8, 4) is 6.07 Å². The number of benzene rings is 1. The molecule has 8 heteroatoms. The molecule has 114 valence electrons. The first-order valence-electron chi connectivity index (χ1n) is 5.95. The highest BCUT2D eigenvalue weighted by atomic mass is 19.4. The second-order valence-electron chi connectivity index (χ2n) is 4.31. The van der Waals surface area contributed by atoms with Crippen LogP contribution >= 0.6 is 0 Å². The molecule has 1 aromatic rings. The minimum absolute atomic E-state index is 0.219. The lowest BCUT2D eigenvalue weighted by Crippen LogP contribution is -2.41. The van der Waals surface area contributed by atoms with E-state index in [9.17, 15) is 22.4 Å². The molecule has 0 saturated carbocycles. The van der Waals surface area contributed by atoms with Gasteiger partial charge in [-0.05, 0) is 30.2 Å². The maximum atomic E-state index is 13.0. The van der Waals surface area contributed by atoms with Crippen molar-refractivity contribution in [3.63, 3.8) is 0 Å². The van der Waals surface area contributed by atoms with Crippen molar-refractivity contribution in [3.05, 3.63) is 35.1 Å². The normalized spacial score (nSPS) is 12.6. The van der Waals surface area contributed by atoms with E-state index in [0.717, 1.165) is 12.1 Å². The molecule has 0 bridgehead atoms. The van der Waals surface area contributed by atoms with Crippen molar-refractivity contribution in [1.82, 2.24) is 10.6 Å². The Morgan fingerprint density at radius 3 is 2.62 bits per heavy atom. The molecule has 21 heavy (non-hydrogen) atoms. The summed E-state index contributed by atoms with van der Waals surface area (Å²) in [4.78, 5) is 11.9. The van der Waals surface area contributed by atoms with Gasteiger partial charge >= 0.3 is 6.18 Å². The van der Waals surface area contributed by atoms with E-state index in [1.807, 2.05) is 0 Å². The molecule has 1 aromatic carbocycles. The summed E-state index contributed by atoms with van der Waals surface area (Å²) in [6.07, 6.45) is -4.50. The summed E-state index contributed by atoms with van der Waals surface area (Å²) >= 11 is 0. The average Bonchev–Trinajstić information content (AvgIpc) is 2.37. The van der Waals surface area contributed by atoms with Crippen molar-refractivity contribution in [1.29, 1.82) is 5.26 Å². The van der Waals surface area contributed by atoms with Gasteiger partial charge in [0.1, 0.15) is 18.4 Å². The molecule has 1 unspecified atom stereocenters. The molecule has 1 rings (SSSR count). The predicted octanol–water partition coefficient (Wildman–Crippen LogP) is 1.97. The second kappa shape index (κ2) is 7.04. The summed E-state index contributed by atoms with van der Waals surface area (Å²) in [7, 11) is 0. The highest BCUT2D eigenvalue weighted by Crippen LogP contribution is 2.21. The van der Waals surface area contributed by atoms with Crippen LogP contribution in [0.4, 0.5) is 17.6 Å². The Balaban J connectivity index is 3.00. The Labute approximate surface area is 118 Å². The number of carbonyl (C=O) groups excluding carboxylic acids is 1. The van der Waals surface area contributed by atoms with Crippen LogP contribution in [0.1, 0.15) is 17.2 Å². The van der Waals surface area contributed by atoms with E-state index in [2.05, 4.69) is 10.6 Å². The summed E-state index contributed by atoms with van der Waals surface area (Å²) < 4.78 is 50.0. The number of rotatable bonds is 5. The maximum absolute atomic E-state index is 13.0. The molecule has 4 nitrogen and oxygen atoms in total. The lowest BCUT2D eigenvalue weighted by atomic mass is 10.00. The van der Waals surface area contributed by atoms with Crippen LogP contribution in [-0.4, -0.2) is 25.2 Å². The van der Waals surface area contributed by atoms with Crippen LogP contribution in [0, 0.1) is 24.1 Å². The summed E-state index contributed by atoms with van der Waals surface area (Å²) in [5.41, 5.74) is 0.554. The highest BCUT2D eigenvalue weighted by Gasteiger charge is 2.31. The second-order valence-corrected chi connectivity index (χ2v) is 4.31. The number of nitrogens with zero attached hydrogens (tertiary/aromatic N) is 1. The topological polar surface area (TPSA) is 64.9 Å². The average molecular weight is 303 g/mol. The van der Waals surface area contributed by atoms with E-state index in [0.29, 0.717) is 5.56 Å². The quantitative estimate of drug-likeness (QED) is 0.645. The van der Waals surface area contributed by atoms with Gasteiger partial charge < -0.3 is 5.32 Å². The molecule has 0 fully saturated rings. The minimum atomic E-state index is -4.50. The molecule has 0 heterocycles. The molecule has 0 aliphatic heterocycles. The van der Waals surface area contributed by atoms with Gasteiger partial charge in [-0.2, -0.15) is 18.4 Å². The molecule has 1 amide bonds. The fourth-order valence-corrected chi connectivity index (χ4v) is 1.75. The van der Waals surface area contributed by atoms with Crippen molar-refractivity contribution in [2.45, 2.75) is 19.1 Å². The number of nitriles is 1. The van der Waals surface area contributed by atoms with Gasteiger partial charge in [-0.25, -0.2) is 4.39 Å². The number of alkyl halides is 3. The van der Waals surface area contributed by atoms with Crippen molar-refractivity contribution >= 4 is 5.91 Å². The Kier molecular flexibility index (Phi) is 5.67. The van der Waals surface area contributed by atoms with Crippen LogP contribution in [-0.2, 0) is 4.79 Å². The third kappa shape index (κ3) is 5.39. The maximum Gasteiger partial charge on any atom is 0.401 e. The summed E-state index contributed by atoms with van der Waals surface area (Å²) in [6.45, 7) is -0.226. The number of hydrogen-bond donors (Lipinski definition) is 2. The van der Waals surface area contributed by atoms with Crippen LogP contribution in [0.2, 0.25) is 0 Å². The third-order valence-electron chi connectivity index (χ3n) is 2.65. The van der Waals surface area contributed by atoms with Crippen LogP contribution in [0.5, 0.6) is 0 Å². The van der Waals surface area contributed by atoms with Crippen molar-refractivity contribution in [2.24, 2.45) is 0 Å². The molecule has 0 aliphatic rings. The van der Waals surface area contributed by atoms with E-state index < -0.39 is 30.5 Å². The SMILES string of the molecule is Cc1cc(F)ccc1C(NCC(F)(F)F)C(=O)NCC#N. The zero-order valence-corrected chi connectivity index (χ0v) is 11.1. The minimum Gasteiger partial charge on any atom is -0.341 e. The van der Waals surface area contributed by atoms with Crippen LogP contribution in [0.15, 0.2) is 18.2 Å². The van der Waals surface area contributed by atoms with E-state index in [1.54, 1.807) is 6.07 Å². The highest BCUT2D eigenvalue weighted by molar-refractivity contribution is 5.83. The molecule has 0 radical (unpaired) electrons. The number of aryl methyl sites for hydroxylation is 1. The first kappa shape index (κ1) is 16.9. The van der Waals surface area contributed by atoms with Gasteiger partial charge in [0, 0.05) is 0 Å². The van der Waals surface area contributed by atoms with Gasteiger partial charge in [0.2, 0.25) is 5.91 Å². The number of hydrogen-bond acceptors (Lipinski definition) is 3. The molecular formula is C13H13F4N3O. The summed E-state index contributed by atoms with van der Waals surface area (Å²) in [5, 5.41) is 12.7. The molecule has 0 spiro atoms. The number of halogens is 4. The van der Waals surface area contributed by atoms with Gasteiger partial charge in [0.05, 0.1) is 12.6 Å². The zero-order chi connectivity index (χ0) is 16.0. The van der Waals surface area contributed by atoms with E-state index in [4.69, 9.17) is 5.26 Å². The molecular weight excluding hydrogens is 290 g/mol. The zero-order valence-electron chi connectivity index (χ0n) is 11.1. The van der Waals surface area contributed by atoms with Crippen LogP contribution in [0.25, 0.3) is 0 Å². The fraction of sp³-hybridized carbons (Fsp3) is 0.385. The smallest absolute Gasteiger partial charge is 0.341 e. The Morgan fingerprint density at radius 2 is 2.10 bits per heavy atom. The fourth-order valence-electron chi connectivity index (χ4n) is 1.75. The van der Waals surface area contributed by atoms with Gasteiger partial charge in [-0.3, -0.25) is 10.1 Å². The predicted molar refractivity (Wildman–Crippen MR) is 66.6 cm³/mol. The number of carbonyl (C=O) groups is 1. The molecule has 0 aromatic heterocycles. The monoisotopic (exact) mass is 303 g/mol. The molecule has 2 N–H and O–H groups in total. The Morgan fingerprint density at radius 1 is 1.43 bits per heavy atom. The van der Waals surface area contributed by atoms with Gasteiger partial charge in [0.25, 0.3) is 0 Å². The largest absolute Gasteiger partial charge is 0.401 e. The Bertz CT molecular complexity index is 551. The van der Waals surface area contributed by atoms with Gasteiger partial charge in [-0.15, -0.1) is 0 Å². The van der Waals surface area contributed by atoms with Gasteiger partial charge in [0.15, 0.2) is 0 Å². The third-order valence-corrected chi connectivity index (χ3v) is 2.65. The van der Waals surface area contributed by atoms with Gasteiger partial charge in [-0.1, -0.05) is 6.07 Å². The van der Waals surface area contributed by atoms with Crippen LogP contribution in [0.3, 0.4) is 0 Å². The molecule has 0 saturated heterocycles. The van der Waals surface area contributed by atoms with Crippen molar-refractivity contribution in [2.75, 3.05) is 13.1 Å². The lowest BCUT2D eigenvalue weighted by molar-refractivity contribution is -0.132. The van der Waals surface area contributed by atoms with E-state index >= 15 is 0 Å². The van der Waals surface area contributed by atoms with Crippen LogP contribution < -0.4 is 10.6 Å². The standard InChI is InChI=1S/C13H13F4N3O/c1-8-6-9(14)2-3-10(8)11(12(21)19-5-4-18)20-7-13(15,16)17/h2-3,6,11,20H,5,7H2,1H3,(H,19,21). The molecule has 0 aliphatic carbocycles. The summed E-state index contributed by atoms with van der Waals surface area (Å²) in [6, 6.07) is 3.76. The lowest BCUT2D eigenvalue weighted by Gasteiger charge is -2.21. The number of nitrogens with one attached hydrogen (secondary N) is 2.